The van der Waals surface area contributed by atoms with Crippen LogP contribution < -0.4 is 4.90 Å². The van der Waals surface area contributed by atoms with Gasteiger partial charge in [0.25, 0.3) is 5.91 Å². The minimum Gasteiger partial charge on any atom is -0.467 e. The minimum absolute atomic E-state index is 0.249. The number of hydrogen-bond acceptors (Lipinski definition) is 2. The molecular weight excluding hydrogens is 305 g/mol. The van der Waals surface area contributed by atoms with Crippen LogP contribution in [0.4, 0.5) is 10.1 Å². The smallest absolute Gasteiger partial charge is 0.251 e. The molecule has 3 nitrogen and oxygen atoms in total. The van der Waals surface area contributed by atoms with Gasteiger partial charge in [-0.25, -0.2) is 4.39 Å². The summed E-state index contributed by atoms with van der Waals surface area (Å²) in [5, 5.41) is 0. The average molecular weight is 321 g/mol. The molecule has 0 radical (unpaired) electrons. The van der Waals surface area contributed by atoms with Gasteiger partial charge >= 0.3 is 0 Å². The third-order valence-corrected chi connectivity index (χ3v) is 3.54. The fraction of sp³-hybridized carbons (Fsp3) is 0.0500. The first kappa shape index (κ1) is 15.7. The maximum atomic E-state index is 13.7. The Labute approximate surface area is 139 Å². The van der Waals surface area contributed by atoms with Gasteiger partial charge in [0.2, 0.25) is 0 Å². The van der Waals surface area contributed by atoms with Crippen LogP contribution in [0.5, 0.6) is 0 Å². The first-order valence-electron chi connectivity index (χ1n) is 7.55. The van der Waals surface area contributed by atoms with Crippen molar-refractivity contribution >= 4 is 17.7 Å². The Morgan fingerprint density at radius 3 is 2.46 bits per heavy atom. The van der Waals surface area contributed by atoms with Crippen LogP contribution in [-0.2, 0) is 11.3 Å². The maximum absolute atomic E-state index is 13.7. The van der Waals surface area contributed by atoms with Crippen LogP contribution in [0.15, 0.2) is 83.5 Å². The number of amides is 1. The second-order valence-electron chi connectivity index (χ2n) is 5.19. The molecule has 0 N–H and O–H groups in total. The first-order chi connectivity index (χ1) is 11.7. The van der Waals surface area contributed by atoms with Gasteiger partial charge in [0.15, 0.2) is 0 Å². The second-order valence-corrected chi connectivity index (χ2v) is 5.19. The summed E-state index contributed by atoms with van der Waals surface area (Å²) in [4.78, 5) is 14.2. The van der Waals surface area contributed by atoms with Crippen molar-refractivity contribution in [1.82, 2.24) is 0 Å². The summed E-state index contributed by atoms with van der Waals surface area (Å²) in [6, 6.07) is 19.2. The Morgan fingerprint density at radius 1 is 1.00 bits per heavy atom. The molecule has 0 spiro atoms. The van der Waals surface area contributed by atoms with Crippen LogP contribution >= 0.6 is 0 Å². The van der Waals surface area contributed by atoms with E-state index in [9.17, 15) is 9.18 Å². The molecule has 3 rings (SSSR count). The summed E-state index contributed by atoms with van der Waals surface area (Å²) < 4.78 is 19.0. The molecule has 0 aliphatic rings. The third-order valence-electron chi connectivity index (χ3n) is 3.54. The van der Waals surface area contributed by atoms with Crippen molar-refractivity contribution in [3.05, 3.63) is 96.2 Å². The summed E-state index contributed by atoms with van der Waals surface area (Å²) in [5.41, 5.74) is 1.12. The highest BCUT2D eigenvalue weighted by atomic mass is 19.1. The SMILES string of the molecule is O=C(/C=C/c1ccccc1F)N(Cc1ccco1)c1ccccc1. The van der Waals surface area contributed by atoms with Crippen molar-refractivity contribution in [2.75, 3.05) is 4.90 Å². The zero-order valence-corrected chi connectivity index (χ0v) is 12.9. The van der Waals surface area contributed by atoms with Crippen LogP contribution in [-0.4, -0.2) is 5.91 Å². The largest absolute Gasteiger partial charge is 0.467 e. The Balaban J connectivity index is 1.85. The molecule has 24 heavy (non-hydrogen) atoms. The molecule has 0 atom stereocenters. The Kier molecular flexibility index (Phi) is 4.87. The van der Waals surface area contributed by atoms with Crippen molar-refractivity contribution in [1.29, 1.82) is 0 Å². The predicted molar refractivity (Wildman–Crippen MR) is 91.8 cm³/mol. The van der Waals surface area contributed by atoms with E-state index in [1.807, 2.05) is 36.4 Å². The Bertz CT molecular complexity index is 826. The van der Waals surface area contributed by atoms with Crippen LogP contribution in [0.2, 0.25) is 0 Å². The molecule has 0 aliphatic carbocycles. The number of para-hydroxylation sites is 1. The van der Waals surface area contributed by atoms with E-state index in [0.717, 1.165) is 5.69 Å². The predicted octanol–water partition coefficient (Wildman–Crippen LogP) is 4.67. The number of carbonyl (C=O) groups is 1. The van der Waals surface area contributed by atoms with E-state index in [2.05, 4.69) is 0 Å². The van der Waals surface area contributed by atoms with Crippen molar-refractivity contribution in [3.8, 4) is 0 Å². The first-order valence-corrected chi connectivity index (χ1v) is 7.55. The highest BCUT2D eigenvalue weighted by Crippen LogP contribution is 2.18. The van der Waals surface area contributed by atoms with E-state index in [1.165, 1.54) is 18.2 Å². The lowest BCUT2D eigenvalue weighted by molar-refractivity contribution is -0.114. The number of benzene rings is 2. The number of halogens is 1. The molecule has 0 saturated heterocycles. The van der Waals surface area contributed by atoms with Crippen molar-refractivity contribution in [3.63, 3.8) is 0 Å². The average Bonchev–Trinajstić information content (AvgIpc) is 3.13. The van der Waals surface area contributed by atoms with Crippen LogP contribution in [0, 0.1) is 5.82 Å². The Morgan fingerprint density at radius 2 is 1.75 bits per heavy atom. The molecule has 0 bridgehead atoms. The van der Waals surface area contributed by atoms with Crippen molar-refractivity contribution < 1.29 is 13.6 Å². The zero-order valence-electron chi connectivity index (χ0n) is 12.9. The van der Waals surface area contributed by atoms with Gasteiger partial charge in [-0.1, -0.05) is 36.4 Å². The number of carbonyl (C=O) groups excluding carboxylic acids is 1. The van der Waals surface area contributed by atoms with E-state index in [0.29, 0.717) is 17.9 Å². The lowest BCUT2D eigenvalue weighted by Crippen LogP contribution is -2.28. The molecule has 0 fully saturated rings. The highest BCUT2D eigenvalue weighted by molar-refractivity contribution is 6.03. The lowest BCUT2D eigenvalue weighted by atomic mass is 10.2. The van der Waals surface area contributed by atoms with Crippen LogP contribution in [0.1, 0.15) is 11.3 Å². The lowest BCUT2D eigenvalue weighted by Gasteiger charge is -2.20. The summed E-state index contributed by atoms with van der Waals surface area (Å²) in [5.74, 6) is 0.0613. The molecule has 0 aliphatic heterocycles. The minimum atomic E-state index is -0.362. The molecule has 1 heterocycles. The molecule has 0 saturated carbocycles. The molecule has 0 unspecified atom stereocenters. The second kappa shape index (κ2) is 7.42. The summed E-state index contributed by atoms with van der Waals surface area (Å²) in [6.07, 6.45) is 4.42. The molecule has 3 aromatic rings. The molecule has 120 valence electrons. The quantitative estimate of drug-likeness (QED) is 0.640. The van der Waals surface area contributed by atoms with Gasteiger partial charge in [0.05, 0.1) is 12.8 Å². The van der Waals surface area contributed by atoms with E-state index in [4.69, 9.17) is 4.42 Å². The zero-order chi connectivity index (χ0) is 16.8. The number of anilines is 1. The van der Waals surface area contributed by atoms with Crippen LogP contribution in [0.3, 0.4) is 0 Å². The van der Waals surface area contributed by atoms with E-state index >= 15 is 0 Å². The fourth-order valence-electron chi connectivity index (χ4n) is 2.32. The molecule has 2 aromatic carbocycles. The van der Waals surface area contributed by atoms with Gasteiger partial charge in [-0.2, -0.15) is 0 Å². The molecule has 1 amide bonds. The van der Waals surface area contributed by atoms with Crippen LogP contribution in [0.25, 0.3) is 6.08 Å². The third kappa shape index (κ3) is 3.79. The molecular formula is C20H16FNO2. The normalized spacial score (nSPS) is 10.9. The van der Waals surface area contributed by atoms with Crippen molar-refractivity contribution in [2.24, 2.45) is 0 Å². The van der Waals surface area contributed by atoms with Gasteiger partial charge < -0.3 is 9.32 Å². The van der Waals surface area contributed by atoms with Gasteiger partial charge in [-0.3, -0.25) is 4.79 Å². The Hall–Kier alpha value is -3.14. The fourth-order valence-corrected chi connectivity index (χ4v) is 2.32. The summed E-state index contributed by atoms with van der Waals surface area (Å²) in [7, 11) is 0. The van der Waals surface area contributed by atoms with Gasteiger partial charge in [-0.05, 0) is 36.4 Å². The molecule has 1 aromatic heterocycles. The number of furan rings is 1. The van der Waals surface area contributed by atoms with Gasteiger partial charge in [0, 0.05) is 17.3 Å². The topological polar surface area (TPSA) is 33.5 Å². The van der Waals surface area contributed by atoms with Crippen molar-refractivity contribution in [2.45, 2.75) is 6.54 Å². The van der Waals surface area contributed by atoms with Gasteiger partial charge in [0.1, 0.15) is 11.6 Å². The van der Waals surface area contributed by atoms with E-state index in [1.54, 1.807) is 35.4 Å². The number of nitrogens with zero attached hydrogens (tertiary/aromatic N) is 1. The standard InChI is InChI=1S/C20H16FNO2/c21-19-11-5-4-7-16(19)12-13-20(23)22(15-18-10-6-14-24-18)17-8-2-1-3-9-17/h1-14H,15H2/b13-12+. The maximum Gasteiger partial charge on any atom is 0.251 e. The number of hydrogen-bond donors (Lipinski definition) is 0. The monoisotopic (exact) mass is 321 g/mol. The van der Waals surface area contributed by atoms with Gasteiger partial charge in [-0.15, -0.1) is 0 Å². The summed E-state index contributed by atoms with van der Waals surface area (Å²) in [6.45, 7) is 0.303. The number of rotatable bonds is 5. The van der Waals surface area contributed by atoms with E-state index in [-0.39, 0.29) is 11.7 Å². The summed E-state index contributed by atoms with van der Waals surface area (Å²) >= 11 is 0. The molecule has 4 heteroatoms. The highest BCUT2D eigenvalue weighted by Gasteiger charge is 2.15. The van der Waals surface area contributed by atoms with E-state index < -0.39 is 0 Å².